The van der Waals surface area contributed by atoms with Crippen molar-refractivity contribution in [2.24, 2.45) is 0 Å². The van der Waals surface area contributed by atoms with Gasteiger partial charge in [0.25, 0.3) is 0 Å². The highest BCUT2D eigenvalue weighted by atomic mass is 32.2. The first-order valence-electron chi connectivity index (χ1n) is 9.00. The topological polar surface area (TPSA) is 98.3 Å². The van der Waals surface area contributed by atoms with E-state index in [0.717, 1.165) is 0 Å². The fourth-order valence-electron chi connectivity index (χ4n) is 3.22. The van der Waals surface area contributed by atoms with Gasteiger partial charge < -0.3 is 14.5 Å². The van der Waals surface area contributed by atoms with Crippen molar-refractivity contribution in [2.45, 2.75) is 9.79 Å². The van der Waals surface area contributed by atoms with Crippen LogP contribution >= 0.6 is 0 Å². The molecule has 0 saturated heterocycles. The van der Waals surface area contributed by atoms with Gasteiger partial charge in [-0.3, -0.25) is 4.79 Å². The van der Waals surface area contributed by atoms with Gasteiger partial charge in [0.1, 0.15) is 17.1 Å². The molecule has 0 atom stereocenters. The number of hydrogen-bond acceptors (Lipinski definition) is 6. The minimum absolute atomic E-state index is 0.0756. The summed E-state index contributed by atoms with van der Waals surface area (Å²) in [5.74, 6) is 0.511. The Bertz CT molecular complexity index is 1340. The zero-order valence-electron chi connectivity index (χ0n) is 16.2. The number of nitrogens with zero attached hydrogens (tertiary/aromatic N) is 1. The number of benzene rings is 2. The van der Waals surface area contributed by atoms with Crippen LogP contribution in [0.3, 0.4) is 0 Å². The van der Waals surface area contributed by atoms with Crippen LogP contribution < -0.4 is 9.47 Å². The van der Waals surface area contributed by atoms with Gasteiger partial charge in [-0.25, -0.2) is 13.4 Å². The second-order valence-electron chi connectivity index (χ2n) is 6.47. The predicted octanol–water partition coefficient (Wildman–Crippen LogP) is 3.64. The molecule has 0 amide bonds. The molecule has 8 heteroatoms. The molecule has 0 bridgehead atoms. The molecule has 0 aliphatic heterocycles. The number of H-pyrrole nitrogens is 1. The molecule has 0 radical (unpaired) electrons. The van der Waals surface area contributed by atoms with E-state index < -0.39 is 9.84 Å². The summed E-state index contributed by atoms with van der Waals surface area (Å²) in [6, 6.07) is 15.9. The monoisotopic (exact) mass is 422 g/mol. The average Bonchev–Trinajstić information content (AvgIpc) is 3.23. The fraction of sp³-hybridized carbons (Fsp3) is 0.0909. The van der Waals surface area contributed by atoms with E-state index in [4.69, 9.17) is 9.47 Å². The number of methoxy groups -OCH3 is 2. The van der Waals surface area contributed by atoms with Gasteiger partial charge in [0, 0.05) is 11.6 Å². The highest BCUT2D eigenvalue weighted by molar-refractivity contribution is 7.91. The van der Waals surface area contributed by atoms with Gasteiger partial charge in [-0.15, -0.1) is 0 Å². The van der Waals surface area contributed by atoms with Crippen molar-refractivity contribution in [1.29, 1.82) is 0 Å². The van der Waals surface area contributed by atoms with E-state index >= 15 is 0 Å². The Balaban J connectivity index is 1.85. The number of pyridine rings is 1. The number of hydrogen-bond donors (Lipinski definition) is 1. The molecule has 0 spiro atoms. The van der Waals surface area contributed by atoms with Gasteiger partial charge in [0.15, 0.2) is 0 Å². The smallest absolute Gasteiger partial charge is 0.213 e. The maximum atomic E-state index is 13.2. The summed E-state index contributed by atoms with van der Waals surface area (Å²) in [6.07, 6.45) is 1.40. The molecule has 4 rings (SSSR count). The van der Waals surface area contributed by atoms with Crippen LogP contribution in [0.1, 0.15) is 16.1 Å². The van der Waals surface area contributed by atoms with Gasteiger partial charge in [0.2, 0.25) is 15.6 Å². The van der Waals surface area contributed by atoms with E-state index in [-0.39, 0.29) is 26.8 Å². The Labute approximate surface area is 173 Å². The SMILES string of the molecule is COc1ccc(OC)c(C(=O)c2cc3c(S(=O)(=O)c4ccccc4)ccnc3[nH]2)c1. The molecule has 4 aromatic rings. The van der Waals surface area contributed by atoms with E-state index in [1.807, 2.05) is 0 Å². The Kier molecular flexibility index (Phi) is 5.01. The number of nitrogens with one attached hydrogen (secondary N) is 1. The lowest BCUT2D eigenvalue weighted by atomic mass is 10.1. The summed E-state index contributed by atoms with van der Waals surface area (Å²) in [6.45, 7) is 0. The molecular weight excluding hydrogens is 404 g/mol. The summed E-state index contributed by atoms with van der Waals surface area (Å²) in [4.78, 5) is 20.5. The predicted molar refractivity (Wildman–Crippen MR) is 111 cm³/mol. The van der Waals surface area contributed by atoms with Gasteiger partial charge in [-0.2, -0.15) is 0 Å². The van der Waals surface area contributed by atoms with E-state index in [1.54, 1.807) is 36.4 Å². The Morgan fingerprint density at radius 2 is 1.73 bits per heavy atom. The summed E-state index contributed by atoms with van der Waals surface area (Å²) in [5, 5.41) is 0.339. The van der Waals surface area contributed by atoms with Crippen molar-refractivity contribution >= 4 is 26.7 Å². The van der Waals surface area contributed by atoms with Crippen LogP contribution in [-0.4, -0.2) is 38.4 Å². The third-order valence-electron chi connectivity index (χ3n) is 4.73. The van der Waals surface area contributed by atoms with Crippen LogP contribution in [-0.2, 0) is 9.84 Å². The summed E-state index contributed by atoms with van der Waals surface area (Å²) in [7, 11) is -0.810. The summed E-state index contributed by atoms with van der Waals surface area (Å²) >= 11 is 0. The molecule has 2 heterocycles. The van der Waals surface area contributed by atoms with Crippen molar-refractivity contribution in [3.05, 3.63) is 78.1 Å². The fourth-order valence-corrected chi connectivity index (χ4v) is 4.68. The number of aromatic nitrogens is 2. The van der Waals surface area contributed by atoms with Crippen LogP contribution in [0, 0.1) is 0 Å². The maximum Gasteiger partial charge on any atom is 0.213 e. The van der Waals surface area contributed by atoms with Gasteiger partial charge in [0.05, 0.1) is 35.3 Å². The molecule has 0 aliphatic rings. The van der Waals surface area contributed by atoms with Gasteiger partial charge in [-0.1, -0.05) is 18.2 Å². The Hall–Kier alpha value is -3.65. The van der Waals surface area contributed by atoms with E-state index in [2.05, 4.69) is 9.97 Å². The molecule has 1 N–H and O–H groups in total. The zero-order chi connectivity index (χ0) is 21.3. The van der Waals surface area contributed by atoms with Crippen LogP contribution in [0.5, 0.6) is 11.5 Å². The Morgan fingerprint density at radius 3 is 2.43 bits per heavy atom. The highest BCUT2D eigenvalue weighted by Gasteiger charge is 2.24. The first-order valence-corrected chi connectivity index (χ1v) is 10.5. The van der Waals surface area contributed by atoms with Crippen molar-refractivity contribution in [2.75, 3.05) is 14.2 Å². The first-order chi connectivity index (χ1) is 14.5. The summed E-state index contributed by atoms with van der Waals surface area (Å²) in [5.41, 5.74) is 0.785. The second-order valence-corrected chi connectivity index (χ2v) is 8.38. The number of carbonyl (C=O) groups excluding carboxylic acids is 1. The number of fused-ring (bicyclic) bond motifs is 1. The lowest BCUT2D eigenvalue weighted by Crippen LogP contribution is -2.05. The number of ketones is 1. The molecule has 0 fully saturated rings. The highest BCUT2D eigenvalue weighted by Crippen LogP contribution is 2.30. The number of carbonyl (C=O) groups is 1. The molecular formula is C22H18N2O5S. The average molecular weight is 422 g/mol. The van der Waals surface area contributed by atoms with Crippen molar-refractivity contribution in [3.8, 4) is 11.5 Å². The number of ether oxygens (including phenoxy) is 2. The van der Waals surface area contributed by atoms with Crippen LogP contribution in [0.4, 0.5) is 0 Å². The van der Waals surface area contributed by atoms with E-state index in [0.29, 0.717) is 22.5 Å². The largest absolute Gasteiger partial charge is 0.497 e. The molecule has 2 aromatic heterocycles. The molecule has 0 saturated carbocycles. The Morgan fingerprint density at radius 1 is 0.967 bits per heavy atom. The van der Waals surface area contributed by atoms with Crippen LogP contribution in [0.2, 0.25) is 0 Å². The number of rotatable bonds is 6. The van der Waals surface area contributed by atoms with Gasteiger partial charge in [-0.05, 0) is 42.5 Å². The quantitative estimate of drug-likeness (QED) is 0.476. The van der Waals surface area contributed by atoms with E-state index in [1.165, 1.54) is 44.7 Å². The molecule has 152 valence electrons. The van der Waals surface area contributed by atoms with Crippen molar-refractivity contribution < 1.29 is 22.7 Å². The molecule has 2 aromatic carbocycles. The lowest BCUT2D eigenvalue weighted by molar-refractivity contribution is 0.103. The van der Waals surface area contributed by atoms with Crippen LogP contribution in [0.15, 0.2) is 76.7 Å². The minimum Gasteiger partial charge on any atom is -0.497 e. The normalized spacial score (nSPS) is 11.4. The third kappa shape index (κ3) is 3.31. The number of sulfone groups is 1. The number of aromatic amines is 1. The van der Waals surface area contributed by atoms with Crippen molar-refractivity contribution in [3.63, 3.8) is 0 Å². The molecule has 0 aliphatic carbocycles. The molecule has 0 unspecified atom stereocenters. The van der Waals surface area contributed by atoms with Crippen LogP contribution in [0.25, 0.3) is 11.0 Å². The first kappa shape index (κ1) is 19.7. The lowest BCUT2D eigenvalue weighted by Gasteiger charge is -2.08. The summed E-state index contributed by atoms with van der Waals surface area (Å²) < 4.78 is 36.7. The van der Waals surface area contributed by atoms with Crippen molar-refractivity contribution in [1.82, 2.24) is 9.97 Å². The minimum atomic E-state index is -3.78. The second kappa shape index (κ2) is 7.64. The molecule has 30 heavy (non-hydrogen) atoms. The third-order valence-corrected chi connectivity index (χ3v) is 6.56. The van der Waals surface area contributed by atoms with Gasteiger partial charge >= 0.3 is 0 Å². The molecule has 7 nitrogen and oxygen atoms in total. The zero-order valence-corrected chi connectivity index (χ0v) is 17.1. The standard InChI is InChI=1S/C22H18N2O5S/c1-28-14-8-9-19(29-2)16(12-14)21(25)18-13-17-20(10-11-23-22(17)24-18)30(26,27)15-6-4-3-5-7-15/h3-13H,1-2H3,(H,23,24). The maximum absolute atomic E-state index is 13.2. The van der Waals surface area contributed by atoms with E-state index in [9.17, 15) is 13.2 Å².